The molecule has 12 heteroatoms. The molecule has 0 spiro atoms. The van der Waals surface area contributed by atoms with Gasteiger partial charge in [0.2, 0.25) is 5.75 Å². The number of hydrogen-bond acceptors (Lipinski definition) is 6. The van der Waals surface area contributed by atoms with E-state index in [1.807, 2.05) is 0 Å². The first-order valence-corrected chi connectivity index (χ1v) is 8.48. The first kappa shape index (κ1) is 20.9. The van der Waals surface area contributed by atoms with Gasteiger partial charge in [-0.1, -0.05) is 18.2 Å². The zero-order chi connectivity index (χ0) is 22.1. The number of ether oxygens (including phenoxy) is 1. The van der Waals surface area contributed by atoms with E-state index >= 15 is 0 Å². The van der Waals surface area contributed by atoms with Gasteiger partial charge in [0.15, 0.2) is 5.11 Å². The van der Waals surface area contributed by atoms with Crippen molar-refractivity contribution in [1.82, 2.24) is 10.6 Å². The van der Waals surface area contributed by atoms with Gasteiger partial charge in [-0.15, -0.1) is 0 Å². The number of thiocarbonyl (C=S) groups is 1. The van der Waals surface area contributed by atoms with Gasteiger partial charge < -0.3 is 4.74 Å². The molecular formula is C18H10F3N3O5S. The van der Waals surface area contributed by atoms with Crippen LogP contribution in [-0.4, -0.2) is 21.9 Å². The van der Waals surface area contributed by atoms with Crippen LogP contribution in [0.15, 0.2) is 48.0 Å². The average Bonchev–Trinajstić information content (AvgIpc) is 2.65. The van der Waals surface area contributed by atoms with Crippen molar-refractivity contribution in [2.24, 2.45) is 0 Å². The normalized spacial score (nSPS) is 14.1. The Morgan fingerprint density at radius 1 is 1.03 bits per heavy atom. The highest BCUT2D eigenvalue weighted by Gasteiger charge is 2.33. The van der Waals surface area contributed by atoms with Crippen molar-refractivity contribution < 1.29 is 32.4 Å². The quantitative estimate of drug-likeness (QED) is 0.250. The van der Waals surface area contributed by atoms with Crippen LogP contribution < -0.4 is 15.4 Å². The molecule has 1 heterocycles. The third kappa shape index (κ3) is 4.43. The predicted octanol–water partition coefficient (Wildman–Crippen LogP) is 3.32. The molecule has 0 aromatic heterocycles. The van der Waals surface area contributed by atoms with Gasteiger partial charge in [-0.3, -0.25) is 30.3 Å². The molecule has 0 unspecified atom stereocenters. The Morgan fingerprint density at radius 3 is 2.27 bits per heavy atom. The van der Waals surface area contributed by atoms with Crippen molar-refractivity contribution in [2.75, 3.05) is 0 Å². The molecule has 8 nitrogen and oxygen atoms in total. The Balaban J connectivity index is 2.01. The lowest BCUT2D eigenvalue weighted by Crippen LogP contribution is -2.51. The number of amides is 2. The second-order valence-corrected chi connectivity index (χ2v) is 6.28. The van der Waals surface area contributed by atoms with Gasteiger partial charge in [-0.05, 0) is 36.5 Å². The molecule has 0 radical (unpaired) electrons. The lowest BCUT2D eigenvalue weighted by Gasteiger charge is -2.17. The standard InChI is InChI=1S/C18H10F3N3O5S/c19-18(20,21)10-5-6-14(12(8-10)24(27)28)29-13-4-2-1-3-9(13)7-11-15(25)22-17(30)23-16(11)26/h1-8H,(H2,22,23,25,26,30). The molecular weight excluding hydrogens is 427 g/mol. The second-order valence-electron chi connectivity index (χ2n) is 5.87. The Hall–Kier alpha value is -3.80. The molecule has 0 bridgehead atoms. The smallest absolute Gasteiger partial charge is 0.416 e. The first-order valence-electron chi connectivity index (χ1n) is 8.07. The van der Waals surface area contributed by atoms with E-state index in [1.54, 1.807) is 6.07 Å². The molecule has 0 aliphatic carbocycles. The number of alkyl halides is 3. The van der Waals surface area contributed by atoms with E-state index in [0.717, 1.165) is 12.1 Å². The Labute approximate surface area is 171 Å². The summed E-state index contributed by atoms with van der Waals surface area (Å²) in [5.74, 6) is -2.00. The van der Waals surface area contributed by atoms with E-state index in [9.17, 15) is 32.9 Å². The molecule has 0 saturated carbocycles. The monoisotopic (exact) mass is 437 g/mol. The third-order valence-electron chi connectivity index (χ3n) is 3.87. The second kappa shape index (κ2) is 7.91. The summed E-state index contributed by atoms with van der Waals surface area (Å²) >= 11 is 4.71. The molecule has 2 N–H and O–H groups in total. The lowest BCUT2D eigenvalue weighted by molar-refractivity contribution is -0.385. The summed E-state index contributed by atoms with van der Waals surface area (Å²) in [6.45, 7) is 0. The summed E-state index contributed by atoms with van der Waals surface area (Å²) < 4.78 is 44.0. The summed E-state index contributed by atoms with van der Waals surface area (Å²) in [4.78, 5) is 34.2. The number of carbonyl (C=O) groups excluding carboxylic acids is 2. The number of nitro benzene ring substituents is 1. The number of rotatable bonds is 4. The maximum Gasteiger partial charge on any atom is 0.416 e. The number of nitro groups is 1. The number of benzene rings is 2. The van der Waals surface area contributed by atoms with E-state index in [0.29, 0.717) is 12.1 Å². The lowest BCUT2D eigenvalue weighted by atomic mass is 10.1. The SMILES string of the molecule is O=C1NC(=S)NC(=O)C1=Cc1ccccc1Oc1ccc(C(F)(F)F)cc1[N+](=O)[O-]. The Bertz CT molecular complexity index is 1090. The highest BCUT2D eigenvalue weighted by Crippen LogP contribution is 2.38. The molecule has 3 rings (SSSR count). The molecule has 2 amide bonds. The van der Waals surface area contributed by atoms with Crippen LogP contribution >= 0.6 is 12.2 Å². The largest absolute Gasteiger partial charge is 0.449 e. The van der Waals surface area contributed by atoms with Crippen molar-refractivity contribution >= 4 is 40.9 Å². The van der Waals surface area contributed by atoms with E-state index in [2.05, 4.69) is 10.6 Å². The summed E-state index contributed by atoms with van der Waals surface area (Å²) in [5, 5.41) is 15.6. The fourth-order valence-electron chi connectivity index (χ4n) is 2.50. The fraction of sp³-hybridized carbons (Fsp3) is 0.0556. The van der Waals surface area contributed by atoms with Gasteiger partial charge in [0, 0.05) is 11.6 Å². The zero-order valence-electron chi connectivity index (χ0n) is 14.6. The van der Waals surface area contributed by atoms with Crippen molar-refractivity contribution in [3.05, 3.63) is 69.3 Å². The molecule has 1 fully saturated rings. The highest BCUT2D eigenvalue weighted by atomic mass is 32.1. The minimum Gasteiger partial charge on any atom is -0.449 e. The molecule has 1 aliphatic rings. The number of nitrogens with zero attached hydrogens (tertiary/aromatic N) is 1. The third-order valence-corrected chi connectivity index (χ3v) is 4.07. The molecule has 1 saturated heterocycles. The van der Waals surface area contributed by atoms with E-state index in [1.165, 1.54) is 18.2 Å². The van der Waals surface area contributed by atoms with Crippen LogP contribution in [0.4, 0.5) is 18.9 Å². The number of nitrogens with one attached hydrogen (secondary N) is 2. The fourth-order valence-corrected chi connectivity index (χ4v) is 2.68. The molecule has 2 aromatic rings. The van der Waals surface area contributed by atoms with Crippen LogP contribution in [0.2, 0.25) is 0 Å². The van der Waals surface area contributed by atoms with E-state index in [4.69, 9.17) is 17.0 Å². The van der Waals surface area contributed by atoms with Gasteiger partial charge in [-0.25, -0.2) is 0 Å². The molecule has 2 aromatic carbocycles. The maximum absolute atomic E-state index is 12.9. The first-order chi connectivity index (χ1) is 14.1. The van der Waals surface area contributed by atoms with Crippen LogP contribution in [0.3, 0.4) is 0 Å². The zero-order valence-corrected chi connectivity index (χ0v) is 15.5. The Kier molecular flexibility index (Phi) is 5.52. The number of para-hydroxylation sites is 1. The average molecular weight is 437 g/mol. The van der Waals surface area contributed by atoms with Gasteiger partial charge >= 0.3 is 11.9 Å². The molecule has 0 atom stereocenters. The topological polar surface area (TPSA) is 111 Å². The van der Waals surface area contributed by atoms with Crippen LogP contribution in [0.5, 0.6) is 11.5 Å². The van der Waals surface area contributed by atoms with E-state index in [-0.39, 0.29) is 22.0 Å². The van der Waals surface area contributed by atoms with E-state index < -0.39 is 39.9 Å². The van der Waals surface area contributed by atoms with Crippen LogP contribution in [0.1, 0.15) is 11.1 Å². The van der Waals surface area contributed by atoms with Gasteiger partial charge in [-0.2, -0.15) is 13.2 Å². The van der Waals surface area contributed by atoms with Crippen molar-refractivity contribution in [1.29, 1.82) is 0 Å². The predicted molar refractivity (Wildman–Crippen MR) is 101 cm³/mol. The van der Waals surface area contributed by atoms with Crippen molar-refractivity contribution in [3.63, 3.8) is 0 Å². The minimum atomic E-state index is -4.77. The van der Waals surface area contributed by atoms with Crippen molar-refractivity contribution in [2.45, 2.75) is 6.18 Å². The Morgan fingerprint density at radius 2 is 1.67 bits per heavy atom. The minimum absolute atomic E-state index is 0.0263. The van der Waals surface area contributed by atoms with Gasteiger partial charge in [0.1, 0.15) is 11.3 Å². The summed E-state index contributed by atoms with van der Waals surface area (Å²) in [7, 11) is 0. The highest BCUT2D eigenvalue weighted by molar-refractivity contribution is 7.80. The van der Waals surface area contributed by atoms with Crippen LogP contribution in [-0.2, 0) is 15.8 Å². The summed E-state index contributed by atoms with van der Waals surface area (Å²) in [6.07, 6.45) is -3.61. The number of carbonyl (C=O) groups is 2. The summed E-state index contributed by atoms with van der Waals surface area (Å²) in [6, 6.07) is 7.70. The van der Waals surface area contributed by atoms with Crippen LogP contribution in [0, 0.1) is 10.1 Å². The molecule has 154 valence electrons. The van der Waals surface area contributed by atoms with Gasteiger partial charge in [0.05, 0.1) is 10.5 Å². The number of hydrogen-bond donors (Lipinski definition) is 2. The maximum atomic E-state index is 12.9. The molecule has 30 heavy (non-hydrogen) atoms. The number of halogens is 3. The molecule has 1 aliphatic heterocycles. The summed E-state index contributed by atoms with van der Waals surface area (Å²) in [5.41, 5.74) is -2.23. The van der Waals surface area contributed by atoms with Crippen molar-refractivity contribution in [3.8, 4) is 11.5 Å². The van der Waals surface area contributed by atoms with Crippen LogP contribution in [0.25, 0.3) is 6.08 Å². The van der Waals surface area contributed by atoms with Gasteiger partial charge in [0.25, 0.3) is 11.8 Å².